The molecule has 2 aromatic carbocycles. The van der Waals surface area contributed by atoms with Gasteiger partial charge in [-0.3, -0.25) is 4.52 Å². The van der Waals surface area contributed by atoms with E-state index in [9.17, 15) is 5.11 Å². The molecular formula is C19H15N7O2S. The van der Waals surface area contributed by atoms with Gasteiger partial charge in [0.1, 0.15) is 11.4 Å². The molecule has 2 heterocycles. The van der Waals surface area contributed by atoms with Crippen molar-refractivity contribution >= 4 is 34.3 Å². The Balaban J connectivity index is 1.38. The van der Waals surface area contributed by atoms with Gasteiger partial charge in [-0.25, -0.2) is 9.98 Å². The number of fused-ring (bicyclic) bond motifs is 3. The molecule has 1 aliphatic rings. The maximum absolute atomic E-state index is 12.2. The van der Waals surface area contributed by atoms with Gasteiger partial charge in [0.05, 0.1) is 18.9 Å². The molecule has 5 rings (SSSR count). The molecule has 1 aliphatic carbocycles. The van der Waals surface area contributed by atoms with Gasteiger partial charge in [-0.15, -0.1) is 10.2 Å². The summed E-state index contributed by atoms with van der Waals surface area (Å²) in [5, 5.41) is 28.9. The van der Waals surface area contributed by atoms with Gasteiger partial charge in [0.15, 0.2) is 0 Å². The van der Waals surface area contributed by atoms with Crippen LogP contribution in [0.5, 0.6) is 0 Å². The zero-order chi connectivity index (χ0) is 20.0. The summed E-state index contributed by atoms with van der Waals surface area (Å²) >= 11 is 1.19. The fraction of sp³-hybridized carbons (Fsp3) is 0.158. The number of hydrogen-bond acceptors (Lipinski definition) is 9. The highest BCUT2D eigenvalue weighted by Crippen LogP contribution is 2.44. The Bertz CT molecular complexity index is 1260. The lowest BCUT2D eigenvalue weighted by atomic mass is 10.0. The molecule has 0 fully saturated rings. The van der Waals surface area contributed by atoms with Gasteiger partial charge in [0, 0.05) is 22.3 Å². The van der Waals surface area contributed by atoms with Crippen molar-refractivity contribution in [2.45, 2.75) is 5.16 Å². The molecule has 0 spiro atoms. The van der Waals surface area contributed by atoms with E-state index in [0.29, 0.717) is 5.16 Å². The van der Waals surface area contributed by atoms with Crippen LogP contribution >= 0.6 is 11.8 Å². The lowest BCUT2D eigenvalue weighted by molar-refractivity contribution is -0.753. The SMILES string of the molecule is CN(C)[n+]1cc(/N=C(/[O-])CSc2nnc3c(n2)-c2cccc4cccc-3c24)on1. The highest BCUT2D eigenvalue weighted by molar-refractivity contribution is 7.99. The average molecular weight is 405 g/mol. The number of aromatic nitrogens is 5. The Morgan fingerprint density at radius 2 is 1.90 bits per heavy atom. The molecule has 4 aromatic rings. The minimum Gasteiger partial charge on any atom is -0.861 e. The van der Waals surface area contributed by atoms with Crippen molar-refractivity contribution in [3.63, 3.8) is 0 Å². The molecule has 10 heteroatoms. The van der Waals surface area contributed by atoms with Gasteiger partial charge >= 0.3 is 5.88 Å². The second kappa shape index (κ2) is 6.82. The third-order valence-electron chi connectivity index (χ3n) is 4.50. The van der Waals surface area contributed by atoms with Crippen LogP contribution < -0.4 is 14.9 Å². The van der Waals surface area contributed by atoms with E-state index >= 15 is 0 Å². The summed E-state index contributed by atoms with van der Waals surface area (Å²) < 4.78 is 5.01. The maximum atomic E-state index is 12.2. The first-order chi connectivity index (χ1) is 14.1. The number of aliphatic imine (C=N–C) groups is 1. The van der Waals surface area contributed by atoms with Crippen molar-refractivity contribution in [3.8, 4) is 22.5 Å². The summed E-state index contributed by atoms with van der Waals surface area (Å²) in [6.07, 6.45) is 1.52. The normalized spacial score (nSPS) is 12.4. The summed E-state index contributed by atoms with van der Waals surface area (Å²) in [5.41, 5.74) is 3.64. The number of benzene rings is 2. The molecule has 0 aliphatic heterocycles. The maximum Gasteiger partial charge on any atom is 0.324 e. The fourth-order valence-corrected chi connectivity index (χ4v) is 3.80. The number of nitrogens with zero attached hydrogens (tertiary/aromatic N) is 7. The van der Waals surface area contributed by atoms with E-state index in [1.165, 1.54) is 22.7 Å². The number of hydrogen-bond donors (Lipinski definition) is 0. The van der Waals surface area contributed by atoms with Crippen molar-refractivity contribution in [3.05, 3.63) is 42.6 Å². The minimum atomic E-state index is -0.369. The Morgan fingerprint density at radius 1 is 1.14 bits per heavy atom. The fourth-order valence-electron chi connectivity index (χ4n) is 3.23. The van der Waals surface area contributed by atoms with Crippen molar-refractivity contribution in [2.75, 3.05) is 24.9 Å². The van der Waals surface area contributed by atoms with E-state index in [4.69, 9.17) is 4.52 Å². The van der Waals surface area contributed by atoms with E-state index in [2.05, 4.69) is 37.6 Å². The Kier molecular flexibility index (Phi) is 4.13. The molecular weight excluding hydrogens is 390 g/mol. The first-order valence-electron chi connectivity index (χ1n) is 8.81. The zero-order valence-electron chi connectivity index (χ0n) is 15.6. The predicted octanol–water partition coefficient (Wildman–Crippen LogP) is 1.33. The number of rotatable bonds is 5. The molecule has 0 bridgehead atoms. The van der Waals surface area contributed by atoms with Gasteiger partial charge < -0.3 is 5.11 Å². The third-order valence-corrected chi connectivity index (χ3v) is 5.32. The van der Waals surface area contributed by atoms with E-state index in [0.717, 1.165) is 33.3 Å². The van der Waals surface area contributed by atoms with Crippen LogP contribution in [0.1, 0.15) is 0 Å². The van der Waals surface area contributed by atoms with Crippen molar-refractivity contribution < 1.29 is 14.4 Å². The molecule has 0 N–H and O–H groups in total. The monoisotopic (exact) mass is 405 g/mol. The standard InChI is InChI=1S/C19H15N7O2S/c1-25(2)26-9-15(28-24-26)20-14(27)10-29-19-21-17-12-7-3-5-11-6-4-8-13(16(11)12)18(17)22-23-19/h3-9H,10H2,1-2H3. The van der Waals surface area contributed by atoms with E-state index in [1.807, 2.05) is 24.3 Å². The summed E-state index contributed by atoms with van der Waals surface area (Å²) in [6.45, 7) is 0. The second-order valence-electron chi connectivity index (χ2n) is 6.60. The van der Waals surface area contributed by atoms with Crippen LogP contribution in [0.25, 0.3) is 33.3 Å². The minimum absolute atomic E-state index is 0.0697. The molecule has 0 unspecified atom stereocenters. The Hall–Kier alpha value is -3.53. The molecule has 0 saturated heterocycles. The van der Waals surface area contributed by atoms with Crippen LogP contribution in [-0.2, 0) is 0 Å². The van der Waals surface area contributed by atoms with Crippen LogP contribution in [0.2, 0.25) is 0 Å². The van der Waals surface area contributed by atoms with E-state index in [1.54, 1.807) is 19.1 Å². The average Bonchev–Trinajstić information content (AvgIpc) is 3.32. The lowest BCUT2D eigenvalue weighted by Gasteiger charge is -2.07. The highest BCUT2D eigenvalue weighted by Gasteiger charge is 2.24. The lowest BCUT2D eigenvalue weighted by Crippen LogP contribution is -2.53. The molecule has 29 heavy (non-hydrogen) atoms. The van der Waals surface area contributed by atoms with Crippen LogP contribution in [0.3, 0.4) is 0 Å². The first-order valence-corrected chi connectivity index (χ1v) is 9.79. The smallest absolute Gasteiger partial charge is 0.324 e. The van der Waals surface area contributed by atoms with Gasteiger partial charge in [-0.1, -0.05) is 48.2 Å². The molecule has 2 aromatic heterocycles. The molecule has 0 radical (unpaired) electrons. The van der Waals surface area contributed by atoms with Crippen molar-refractivity contribution in [1.29, 1.82) is 0 Å². The van der Waals surface area contributed by atoms with Crippen molar-refractivity contribution in [2.24, 2.45) is 4.99 Å². The molecule has 144 valence electrons. The second-order valence-corrected chi connectivity index (χ2v) is 7.55. The quantitative estimate of drug-likeness (QED) is 0.187. The summed E-state index contributed by atoms with van der Waals surface area (Å²) in [7, 11) is 3.59. The van der Waals surface area contributed by atoms with Crippen LogP contribution in [-0.4, -0.2) is 46.2 Å². The summed E-state index contributed by atoms with van der Waals surface area (Å²) in [4.78, 5) is 9.98. The Labute approximate surface area is 169 Å². The number of thioether (sulfide) groups is 1. The molecule has 0 atom stereocenters. The third kappa shape index (κ3) is 3.07. The van der Waals surface area contributed by atoms with E-state index in [-0.39, 0.29) is 17.5 Å². The van der Waals surface area contributed by atoms with Crippen molar-refractivity contribution in [1.82, 2.24) is 20.5 Å². The topological polar surface area (TPSA) is 107 Å². The first kappa shape index (κ1) is 17.6. The van der Waals surface area contributed by atoms with Gasteiger partial charge in [-0.2, -0.15) is 5.01 Å². The van der Waals surface area contributed by atoms with Crippen LogP contribution in [0, 0.1) is 0 Å². The molecule has 0 amide bonds. The summed E-state index contributed by atoms with van der Waals surface area (Å²) in [5.74, 6) is -0.161. The zero-order valence-corrected chi connectivity index (χ0v) is 16.4. The highest BCUT2D eigenvalue weighted by atomic mass is 32.2. The molecule has 9 nitrogen and oxygen atoms in total. The van der Waals surface area contributed by atoms with Gasteiger partial charge in [-0.05, 0) is 11.3 Å². The van der Waals surface area contributed by atoms with Crippen LogP contribution in [0.15, 0.2) is 57.3 Å². The summed E-state index contributed by atoms with van der Waals surface area (Å²) in [6, 6.07) is 12.2. The Morgan fingerprint density at radius 3 is 2.62 bits per heavy atom. The predicted molar refractivity (Wildman–Crippen MR) is 106 cm³/mol. The van der Waals surface area contributed by atoms with E-state index < -0.39 is 0 Å². The van der Waals surface area contributed by atoms with Crippen LogP contribution in [0.4, 0.5) is 5.88 Å². The molecule has 0 saturated carbocycles. The largest absolute Gasteiger partial charge is 0.861 e. The van der Waals surface area contributed by atoms with Gasteiger partial charge in [0.2, 0.25) is 10.4 Å². The van der Waals surface area contributed by atoms with Gasteiger partial charge in [0.25, 0.3) is 6.20 Å².